The second-order valence-corrected chi connectivity index (χ2v) is 15.5. The molecule has 6 rings (SSSR count). The molecule has 2 saturated heterocycles. The highest BCUT2D eigenvalue weighted by Crippen LogP contribution is 2.48. The van der Waals surface area contributed by atoms with Crippen molar-refractivity contribution in [1.29, 1.82) is 0 Å². The summed E-state index contributed by atoms with van der Waals surface area (Å²) >= 11 is 0. The molecule has 11 heteroatoms. The van der Waals surface area contributed by atoms with E-state index in [2.05, 4.69) is 116 Å². The Kier molecular flexibility index (Phi) is 11.7. The van der Waals surface area contributed by atoms with Gasteiger partial charge in [0.05, 0.1) is 18.6 Å². The predicted molar refractivity (Wildman–Crippen MR) is 201 cm³/mol. The van der Waals surface area contributed by atoms with Gasteiger partial charge in [0.25, 0.3) is 0 Å². The standard InChI is InChI=1S/C41H57N4O7/c1-40(2)28-13-6-8-15-30(28)42(5)33(40)17-12-18-34-41(3,4)29-14-7-9-16-31(29)45(34)20-11-10-19-35(47)44-23-21-43(22-24-44)25-26-51-39-38(50)37(49)36(48)32(27-46)52-39/h6-9,12-18,32,36-39,46,48-50H,10-11,19-27H2,1-5H3/q+1/t32-,36-,37+,38-,39+/m1/s1. The van der Waals surface area contributed by atoms with Crippen LogP contribution < -0.4 is 4.90 Å². The molecule has 282 valence electrons. The van der Waals surface area contributed by atoms with Gasteiger partial charge in [0.15, 0.2) is 12.0 Å². The molecule has 2 aromatic carbocycles. The van der Waals surface area contributed by atoms with Gasteiger partial charge in [-0.3, -0.25) is 9.69 Å². The number of rotatable bonds is 12. The van der Waals surface area contributed by atoms with Crippen LogP contribution in [0.3, 0.4) is 0 Å². The van der Waals surface area contributed by atoms with Gasteiger partial charge >= 0.3 is 0 Å². The third kappa shape index (κ3) is 7.50. The molecule has 4 aliphatic heterocycles. The zero-order chi connectivity index (χ0) is 37.2. The molecule has 0 aliphatic carbocycles. The molecule has 0 spiro atoms. The fourth-order valence-corrected chi connectivity index (χ4v) is 8.34. The largest absolute Gasteiger partial charge is 0.394 e. The topological polar surface area (TPSA) is 129 Å². The van der Waals surface area contributed by atoms with Gasteiger partial charge in [0, 0.05) is 80.2 Å². The lowest BCUT2D eigenvalue weighted by Crippen LogP contribution is -2.59. The fraction of sp³-hybridized carbons (Fsp3) is 0.561. The molecule has 1 amide bonds. The molecule has 0 unspecified atom stereocenters. The Hall–Kier alpha value is -3.42. The summed E-state index contributed by atoms with van der Waals surface area (Å²) in [7, 11) is 2.15. The zero-order valence-electron chi connectivity index (χ0n) is 31.3. The number of unbranched alkanes of at least 4 members (excludes halogenated alkanes) is 1. The summed E-state index contributed by atoms with van der Waals surface area (Å²) in [5, 5.41) is 39.5. The van der Waals surface area contributed by atoms with Crippen LogP contribution in [0.2, 0.25) is 0 Å². The Morgan fingerprint density at radius 2 is 1.60 bits per heavy atom. The smallest absolute Gasteiger partial charge is 0.222 e. The normalized spacial score (nSPS) is 27.9. The first-order chi connectivity index (χ1) is 24.9. The van der Waals surface area contributed by atoms with E-state index in [-0.39, 0.29) is 23.3 Å². The summed E-state index contributed by atoms with van der Waals surface area (Å²) < 4.78 is 13.4. The number of allylic oxidation sites excluding steroid dienone is 4. The van der Waals surface area contributed by atoms with Crippen molar-refractivity contribution in [3.63, 3.8) is 0 Å². The number of aliphatic hydroxyl groups is 4. The Morgan fingerprint density at radius 3 is 2.31 bits per heavy atom. The van der Waals surface area contributed by atoms with Gasteiger partial charge in [-0.05, 0) is 44.4 Å². The number of aliphatic hydroxyl groups excluding tert-OH is 4. The number of amides is 1. The lowest BCUT2D eigenvalue weighted by atomic mass is 9.81. The summed E-state index contributed by atoms with van der Waals surface area (Å²) in [6.07, 6.45) is 2.56. The number of piperazine rings is 1. The van der Waals surface area contributed by atoms with Crippen molar-refractivity contribution in [2.45, 2.75) is 88.5 Å². The molecule has 0 bridgehead atoms. The number of benzene rings is 2. The lowest BCUT2D eigenvalue weighted by Gasteiger charge is -2.40. The van der Waals surface area contributed by atoms with Gasteiger partial charge < -0.3 is 39.7 Å². The third-order valence-corrected chi connectivity index (χ3v) is 11.5. The second kappa shape index (κ2) is 15.9. The summed E-state index contributed by atoms with van der Waals surface area (Å²) in [5.41, 5.74) is 7.46. The van der Waals surface area contributed by atoms with Crippen LogP contribution in [0.4, 0.5) is 11.4 Å². The lowest BCUT2D eigenvalue weighted by molar-refractivity contribution is -0.401. The molecule has 11 nitrogen and oxygen atoms in total. The SMILES string of the molecule is C[N+]1=C(C=CC=C2N(CCCCC(=O)N3CCN(CCO[C@H]4O[C@H](CO)[C@@H](O)[C@H](O)[C@H]4O)CC3)c3ccccc3C2(C)C)C(C)(C)c2ccccc21. The van der Waals surface area contributed by atoms with Crippen LogP contribution in [0.25, 0.3) is 0 Å². The molecule has 4 N–H and O–H groups in total. The van der Waals surface area contributed by atoms with Gasteiger partial charge in [0.2, 0.25) is 11.6 Å². The molecular weight excluding hydrogens is 660 g/mol. The van der Waals surface area contributed by atoms with E-state index in [1.807, 2.05) is 4.90 Å². The summed E-state index contributed by atoms with van der Waals surface area (Å²) in [6.45, 7) is 13.0. The minimum Gasteiger partial charge on any atom is -0.394 e. The Morgan fingerprint density at radius 1 is 0.904 bits per heavy atom. The summed E-state index contributed by atoms with van der Waals surface area (Å²) in [4.78, 5) is 19.8. The second-order valence-electron chi connectivity index (χ2n) is 15.5. The first-order valence-electron chi connectivity index (χ1n) is 18.7. The Bertz CT molecular complexity index is 1680. The van der Waals surface area contributed by atoms with Crippen molar-refractivity contribution in [2.75, 3.05) is 64.4 Å². The highest BCUT2D eigenvalue weighted by atomic mass is 16.7. The van der Waals surface area contributed by atoms with Gasteiger partial charge in [-0.2, -0.15) is 4.58 Å². The van der Waals surface area contributed by atoms with Gasteiger partial charge in [0.1, 0.15) is 31.5 Å². The summed E-state index contributed by atoms with van der Waals surface area (Å²) in [5.74, 6) is 0.180. The highest BCUT2D eigenvalue weighted by Gasteiger charge is 2.45. The van der Waals surface area contributed by atoms with Crippen LogP contribution in [0.15, 0.2) is 72.5 Å². The van der Waals surface area contributed by atoms with Crippen LogP contribution in [-0.4, -0.2) is 137 Å². The minimum atomic E-state index is -1.46. The fourth-order valence-electron chi connectivity index (χ4n) is 8.34. The number of carbonyl (C=O) groups is 1. The van der Waals surface area contributed by atoms with Crippen LogP contribution in [0.1, 0.15) is 58.1 Å². The third-order valence-electron chi connectivity index (χ3n) is 11.5. The van der Waals surface area contributed by atoms with E-state index in [9.17, 15) is 25.2 Å². The molecule has 0 saturated carbocycles. The molecular formula is C41H57N4O7+. The number of nitrogens with zero attached hydrogens (tertiary/aromatic N) is 4. The number of fused-ring (bicyclic) bond motifs is 2. The molecule has 2 aromatic rings. The van der Waals surface area contributed by atoms with Gasteiger partial charge in [-0.25, -0.2) is 0 Å². The van der Waals surface area contributed by atoms with Gasteiger partial charge in [-0.1, -0.05) is 56.3 Å². The zero-order valence-corrected chi connectivity index (χ0v) is 31.3. The van der Waals surface area contributed by atoms with Gasteiger partial charge in [-0.15, -0.1) is 0 Å². The monoisotopic (exact) mass is 717 g/mol. The molecule has 52 heavy (non-hydrogen) atoms. The van der Waals surface area contributed by atoms with Crippen molar-refractivity contribution in [1.82, 2.24) is 9.80 Å². The number of anilines is 1. The van der Waals surface area contributed by atoms with Crippen molar-refractivity contribution in [2.24, 2.45) is 0 Å². The average Bonchev–Trinajstić information content (AvgIpc) is 3.48. The molecule has 4 aliphatic rings. The van der Waals surface area contributed by atoms with Crippen LogP contribution in [0.5, 0.6) is 0 Å². The number of carbonyl (C=O) groups excluding carboxylic acids is 1. The van der Waals surface area contributed by atoms with Crippen molar-refractivity contribution in [3.8, 4) is 0 Å². The highest BCUT2D eigenvalue weighted by molar-refractivity contribution is 6.03. The molecule has 5 atom stereocenters. The van der Waals surface area contributed by atoms with Crippen molar-refractivity contribution in [3.05, 3.63) is 83.6 Å². The Labute approximate surface area is 308 Å². The maximum atomic E-state index is 13.2. The number of ether oxygens (including phenoxy) is 2. The molecule has 0 radical (unpaired) electrons. The first kappa shape index (κ1) is 38.3. The van der Waals surface area contributed by atoms with E-state index in [1.54, 1.807) is 0 Å². The quantitative estimate of drug-likeness (QED) is 0.194. The van der Waals surface area contributed by atoms with Crippen LogP contribution in [0, 0.1) is 0 Å². The molecule has 2 fully saturated rings. The number of hydrogen-bond donors (Lipinski definition) is 4. The van der Waals surface area contributed by atoms with E-state index in [0.29, 0.717) is 39.1 Å². The van der Waals surface area contributed by atoms with E-state index in [0.717, 1.165) is 19.4 Å². The first-order valence-corrected chi connectivity index (χ1v) is 18.7. The number of para-hydroxylation sites is 2. The predicted octanol–water partition coefficient (Wildman–Crippen LogP) is 3.06. The minimum absolute atomic E-state index is 0.0842. The van der Waals surface area contributed by atoms with Crippen molar-refractivity contribution >= 4 is 23.0 Å². The van der Waals surface area contributed by atoms with Crippen LogP contribution in [-0.2, 0) is 25.1 Å². The van der Waals surface area contributed by atoms with Crippen molar-refractivity contribution < 1.29 is 39.3 Å². The maximum Gasteiger partial charge on any atom is 0.222 e. The van der Waals surface area contributed by atoms with E-state index < -0.39 is 37.3 Å². The number of hydrogen-bond acceptors (Lipinski definition) is 9. The average molecular weight is 718 g/mol. The maximum absolute atomic E-state index is 13.2. The molecule has 0 aromatic heterocycles. The summed E-state index contributed by atoms with van der Waals surface area (Å²) in [6, 6.07) is 17.3. The molecule has 4 heterocycles. The van der Waals surface area contributed by atoms with Crippen LogP contribution >= 0.6 is 0 Å². The van der Waals surface area contributed by atoms with E-state index in [4.69, 9.17) is 9.47 Å². The Balaban J connectivity index is 0.990. The van der Waals surface area contributed by atoms with E-state index in [1.165, 1.54) is 33.9 Å². The van der Waals surface area contributed by atoms with E-state index >= 15 is 0 Å².